The van der Waals surface area contributed by atoms with E-state index in [1.807, 2.05) is 24.3 Å². The summed E-state index contributed by atoms with van der Waals surface area (Å²) in [5.41, 5.74) is 2.48. The van der Waals surface area contributed by atoms with E-state index in [4.69, 9.17) is 26.2 Å². The number of carbonyl (C=O) groups excluding carboxylic acids is 1. The Balaban J connectivity index is 1.74. The van der Waals surface area contributed by atoms with Crippen molar-refractivity contribution in [3.05, 3.63) is 57.5 Å². The van der Waals surface area contributed by atoms with E-state index in [1.54, 1.807) is 18.2 Å². The smallest absolute Gasteiger partial charge is 0.341 e. The predicted molar refractivity (Wildman–Crippen MR) is 118 cm³/mol. The number of hydrogen-bond acceptors (Lipinski definition) is 6. The fourth-order valence-corrected chi connectivity index (χ4v) is 4.06. The van der Waals surface area contributed by atoms with Crippen molar-refractivity contribution >= 4 is 47.0 Å². The lowest BCUT2D eigenvalue weighted by Crippen LogP contribution is -2.30. The fourth-order valence-electron chi connectivity index (χ4n) is 2.80. The molecule has 9 heteroatoms. The van der Waals surface area contributed by atoms with Crippen molar-refractivity contribution in [3.63, 3.8) is 0 Å². The average Bonchev–Trinajstić information content (AvgIpc) is 3.05. The van der Waals surface area contributed by atoms with E-state index in [-0.39, 0.29) is 27.9 Å². The number of hydrogen-bond donors (Lipinski definition) is 3. The maximum atomic E-state index is 12.4. The minimum Gasteiger partial charge on any atom is -0.493 e. The van der Waals surface area contributed by atoms with Crippen LogP contribution in [0.1, 0.15) is 18.1 Å². The molecule has 1 fully saturated rings. The van der Waals surface area contributed by atoms with E-state index in [2.05, 4.69) is 17.6 Å². The molecule has 1 aliphatic heterocycles. The Bertz CT molecular complexity index is 978. The van der Waals surface area contributed by atoms with Crippen molar-refractivity contribution in [2.24, 2.45) is 0 Å². The molecule has 30 heavy (non-hydrogen) atoms. The number of thioether (sulfide) groups is 1. The number of nitrogens with one attached hydrogen (secondary N) is 2. The summed E-state index contributed by atoms with van der Waals surface area (Å²) in [6.45, 7) is 1.56. The van der Waals surface area contributed by atoms with Crippen LogP contribution in [0.3, 0.4) is 0 Å². The molecule has 0 aromatic heterocycles. The van der Waals surface area contributed by atoms with Crippen LogP contribution in [0.2, 0.25) is 5.02 Å². The van der Waals surface area contributed by atoms with Crippen molar-refractivity contribution in [2.75, 3.05) is 19.0 Å². The molecule has 1 saturated heterocycles. The van der Waals surface area contributed by atoms with Gasteiger partial charge in [-0.3, -0.25) is 4.79 Å². The molecular formula is C21H21ClN2O5S. The lowest BCUT2D eigenvalue weighted by molar-refractivity contribution is -0.139. The van der Waals surface area contributed by atoms with Crippen molar-refractivity contribution < 1.29 is 24.2 Å². The molecule has 3 N–H and O–H groups in total. The minimum absolute atomic E-state index is 0.141. The van der Waals surface area contributed by atoms with Gasteiger partial charge in [0.25, 0.3) is 5.91 Å². The maximum absolute atomic E-state index is 12.4. The predicted octanol–water partition coefficient (Wildman–Crippen LogP) is 3.97. The average molecular weight is 449 g/mol. The van der Waals surface area contributed by atoms with E-state index >= 15 is 0 Å². The molecule has 7 nitrogen and oxygen atoms in total. The third kappa shape index (κ3) is 5.40. The summed E-state index contributed by atoms with van der Waals surface area (Å²) in [5.74, 6) is -0.905. The summed E-state index contributed by atoms with van der Waals surface area (Å²) in [5, 5.41) is 15.1. The molecule has 0 saturated carbocycles. The van der Waals surface area contributed by atoms with Gasteiger partial charge >= 0.3 is 5.97 Å². The largest absolute Gasteiger partial charge is 0.493 e. The van der Waals surface area contributed by atoms with E-state index in [0.29, 0.717) is 10.5 Å². The molecule has 0 radical (unpaired) electrons. The van der Waals surface area contributed by atoms with Crippen LogP contribution in [0.25, 0.3) is 6.08 Å². The second kappa shape index (κ2) is 9.77. The van der Waals surface area contributed by atoms with Gasteiger partial charge in [-0.15, -0.1) is 0 Å². The summed E-state index contributed by atoms with van der Waals surface area (Å²) in [7, 11) is 1.43. The Kier molecular flexibility index (Phi) is 7.12. The van der Waals surface area contributed by atoms with Crippen LogP contribution >= 0.6 is 23.4 Å². The second-order valence-electron chi connectivity index (χ2n) is 6.39. The Hall–Kier alpha value is -2.84. The van der Waals surface area contributed by atoms with Crippen LogP contribution in [0.4, 0.5) is 5.69 Å². The molecule has 1 amide bonds. The number of aryl methyl sites for hydroxylation is 1. The van der Waals surface area contributed by atoms with Crippen LogP contribution in [-0.2, 0) is 16.0 Å². The van der Waals surface area contributed by atoms with Gasteiger partial charge in [0.15, 0.2) is 23.6 Å². The van der Waals surface area contributed by atoms with Crippen molar-refractivity contribution in [3.8, 4) is 11.5 Å². The van der Waals surface area contributed by atoms with Gasteiger partial charge in [-0.2, -0.15) is 0 Å². The van der Waals surface area contributed by atoms with Gasteiger partial charge in [0.2, 0.25) is 0 Å². The quantitative estimate of drug-likeness (QED) is 0.525. The number of aliphatic carboxylic acids is 1. The van der Waals surface area contributed by atoms with E-state index in [1.165, 1.54) is 24.4 Å². The monoisotopic (exact) mass is 448 g/mol. The molecule has 2 aromatic rings. The number of ether oxygens (including phenoxy) is 2. The maximum Gasteiger partial charge on any atom is 0.341 e. The van der Waals surface area contributed by atoms with Gasteiger partial charge in [-0.1, -0.05) is 42.4 Å². The van der Waals surface area contributed by atoms with Crippen molar-refractivity contribution in [1.29, 1.82) is 0 Å². The Morgan fingerprint density at radius 1 is 1.33 bits per heavy atom. The summed E-state index contributed by atoms with van der Waals surface area (Å²) < 4.78 is 10.5. The van der Waals surface area contributed by atoms with E-state index < -0.39 is 12.6 Å². The van der Waals surface area contributed by atoms with E-state index in [0.717, 1.165) is 12.1 Å². The van der Waals surface area contributed by atoms with Crippen LogP contribution in [0.5, 0.6) is 11.5 Å². The molecule has 0 spiro atoms. The molecule has 0 bridgehead atoms. The number of methoxy groups -OCH3 is 1. The van der Waals surface area contributed by atoms with Gasteiger partial charge in [0.1, 0.15) is 0 Å². The zero-order valence-electron chi connectivity index (χ0n) is 16.4. The highest BCUT2D eigenvalue weighted by molar-refractivity contribution is 8.05. The van der Waals surface area contributed by atoms with Gasteiger partial charge in [-0.05, 0) is 47.9 Å². The topological polar surface area (TPSA) is 96.9 Å². The summed E-state index contributed by atoms with van der Waals surface area (Å²) >= 11 is 7.58. The van der Waals surface area contributed by atoms with Gasteiger partial charge < -0.3 is 25.2 Å². The Morgan fingerprint density at radius 2 is 2.07 bits per heavy atom. The zero-order valence-corrected chi connectivity index (χ0v) is 18.0. The highest BCUT2D eigenvalue weighted by Crippen LogP contribution is 2.38. The molecule has 1 aliphatic rings. The van der Waals surface area contributed by atoms with Crippen LogP contribution in [0, 0.1) is 0 Å². The van der Waals surface area contributed by atoms with Crippen LogP contribution in [0.15, 0.2) is 41.3 Å². The standard InChI is InChI=1S/C21H21ClN2O5S/c1-3-12-4-6-14(7-5-12)23-21-24-20(27)17(30-21)10-13-8-15(22)19(16(9-13)28-2)29-11-18(25)26/h4-10,21,23H,3,11H2,1-2H3,(H,24,27)(H,25,26)/b17-10-/t21-/m1/s1. The summed E-state index contributed by atoms with van der Waals surface area (Å²) in [6.07, 6.45) is 2.66. The van der Waals surface area contributed by atoms with Gasteiger partial charge in [0.05, 0.1) is 17.0 Å². The van der Waals surface area contributed by atoms with Gasteiger partial charge in [-0.25, -0.2) is 4.79 Å². The van der Waals surface area contributed by atoms with Gasteiger partial charge in [0, 0.05) is 5.69 Å². The third-order valence-corrected chi connectivity index (χ3v) is 5.59. The second-order valence-corrected chi connectivity index (χ2v) is 7.95. The zero-order chi connectivity index (χ0) is 21.7. The molecule has 2 aromatic carbocycles. The third-order valence-electron chi connectivity index (χ3n) is 4.28. The minimum atomic E-state index is -1.12. The highest BCUT2D eigenvalue weighted by atomic mass is 35.5. The van der Waals surface area contributed by atoms with Crippen LogP contribution < -0.4 is 20.1 Å². The molecule has 0 unspecified atom stereocenters. The van der Waals surface area contributed by atoms with Crippen molar-refractivity contribution in [2.45, 2.75) is 18.8 Å². The number of anilines is 1. The molecule has 3 rings (SSSR count). The van der Waals surface area contributed by atoms with Crippen LogP contribution in [-0.4, -0.2) is 36.2 Å². The summed E-state index contributed by atoms with van der Waals surface area (Å²) in [4.78, 5) is 23.6. The first kappa shape index (κ1) is 21.9. The first-order valence-electron chi connectivity index (χ1n) is 9.16. The molecule has 1 atom stereocenters. The SMILES string of the molecule is CCc1ccc(N[C@@H]2NC(=O)/C(=C/c3cc(Cl)c(OCC(=O)O)c(OC)c3)S2)cc1. The molecule has 1 heterocycles. The number of carbonyl (C=O) groups is 2. The number of carboxylic acids is 1. The number of halogens is 1. The Labute approximate surface area is 183 Å². The highest BCUT2D eigenvalue weighted by Gasteiger charge is 2.27. The fraction of sp³-hybridized carbons (Fsp3) is 0.238. The number of benzene rings is 2. The Morgan fingerprint density at radius 3 is 2.70 bits per heavy atom. The van der Waals surface area contributed by atoms with E-state index in [9.17, 15) is 9.59 Å². The summed E-state index contributed by atoms with van der Waals surface area (Å²) in [6, 6.07) is 11.3. The number of amides is 1. The molecule has 0 aliphatic carbocycles. The lowest BCUT2D eigenvalue weighted by atomic mass is 10.1. The first-order valence-corrected chi connectivity index (χ1v) is 10.4. The number of rotatable bonds is 8. The molecular weight excluding hydrogens is 428 g/mol. The first-order chi connectivity index (χ1) is 14.4. The number of carboxylic acid groups (broad SMARTS) is 1. The lowest BCUT2D eigenvalue weighted by Gasteiger charge is -2.13. The molecule has 158 valence electrons. The van der Waals surface area contributed by atoms with Crippen molar-refractivity contribution in [1.82, 2.24) is 5.32 Å². The normalized spacial score (nSPS) is 17.0.